The van der Waals surface area contributed by atoms with Crippen LogP contribution in [0.15, 0.2) is 30.3 Å². The van der Waals surface area contributed by atoms with Gasteiger partial charge in [0.25, 0.3) is 0 Å². The molecule has 0 bridgehead atoms. The van der Waals surface area contributed by atoms with Gasteiger partial charge < -0.3 is 5.11 Å². The first kappa shape index (κ1) is 14.6. The maximum Gasteiger partial charge on any atom is 0.165 e. The van der Waals surface area contributed by atoms with Crippen LogP contribution in [0.2, 0.25) is 0 Å². The molecule has 108 valence electrons. The fourth-order valence-electron chi connectivity index (χ4n) is 2.12. The molecular weight excluding hydrogens is 254 g/mol. The summed E-state index contributed by atoms with van der Waals surface area (Å²) in [6.45, 7) is 5.07. The molecule has 6 nitrogen and oxygen atoms in total. The quantitative estimate of drug-likeness (QED) is 0.781. The lowest BCUT2D eigenvalue weighted by molar-refractivity contribution is 0.179. The number of aromatic nitrogens is 4. The largest absolute Gasteiger partial charge is 0.395 e. The minimum absolute atomic E-state index is 0.127. The predicted octanol–water partition coefficient (Wildman–Crippen LogP) is 1.08. The highest BCUT2D eigenvalue weighted by molar-refractivity contribution is 5.14. The van der Waals surface area contributed by atoms with Crippen molar-refractivity contribution in [2.75, 3.05) is 13.2 Å². The molecule has 0 saturated heterocycles. The SMILES string of the molecule is CCCn1nnnc1CN(CCO)Cc1ccccc1. The van der Waals surface area contributed by atoms with Crippen LogP contribution in [0.25, 0.3) is 0 Å². The van der Waals surface area contributed by atoms with Crippen LogP contribution in [0, 0.1) is 0 Å². The van der Waals surface area contributed by atoms with Gasteiger partial charge in [0.05, 0.1) is 13.2 Å². The zero-order valence-corrected chi connectivity index (χ0v) is 11.8. The van der Waals surface area contributed by atoms with Crippen molar-refractivity contribution in [2.24, 2.45) is 0 Å². The van der Waals surface area contributed by atoms with Crippen LogP contribution in [0.1, 0.15) is 24.7 Å². The lowest BCUT2D eigenvalue weighted by Crippen LogP contribution is -2.27. The van der Waals surface area contributed by atoms with Gasteiger partial charge in [0, 0.05) is 19.6 Å². The van der Waals surface area contributed by atoms with E-state index in [9.17, 15) is 5.11 Å². The monoisotopic (exact) mass is 275 g/mol. The van der Waals surface area contributed by atoms with Gasteiger partial charge in [-0.25, -0.2) is 4.68 Å². The number of benzene rings is 1. The number of nitrogens with zero attached hydrogens (tertiary/aromatic N) is 5. The van der Waals surface area contributed by atoms with Crippen molar-refractivity contribution in [3.8, 4) is 0 Å². The van der Waals surface area contributed by atoms with Crippen LogP contribution in [0.4, 0.5) is 0 Å². The van der Waals surface area contributed by atoms with Gasteiger partial charge in [0.15, 0.2) is 5.82 Å². The highest BCUT2D eigenvalue weighted by Gasteiger charge is 2.12. The molecule has 0 aliphatic rings. The van der Waals surface area contributed by atoms with Crippen molar-refractivity contribution in [1.29, 1.82) is 0 Å². The third-order valence-corrected chi connectivity index (χ3v) is 3.07. The van der Waals surface area contributed by atoms with Gasteiger partial charge in [-0.1, -0.05) is 37.3 Å². The Labute approximate surface area is 119 Å². The van der Waals surface area contributed by atoms with Gasteiger partial charge in [-0.15, -0.1) is 5.10 Å². The highest BCUT2D eigenvalue weighted by Crippen LogP contribution is 2.08. The zero-order chi connectivity index (χ0) is 14.2. The molecule has 0 saturated carbocycles. The van der Waals surface area contributed by atoms with Gasteiger partial charge >= 0.3 is 0 Å². The van der Waals surface area contributed by atoms with Gasteiger partial charge in [-0.3, -0.25) is 4.90 Å². The summed E-state index contributed by atoms with van der Waals surface area (Å²) in [6, 6.07) is 10.2. The minimum Gasteiger partial charge on any atom is -0.395 e. The summed E-state index contributed by atoms with van der Waals surface area (Å²) in [5, 5.41) is 21.0. The molecule has 2 aromatic rings. The molecule has 0 fully saturated rings. The molecule has 6 heteroatoms. The summed E-state index contributed by atoms with van der Waals surface area (Å²) in [4.78, 5) is 2.15. The second-order valence-electron chi connectivity index (χ2n) is 4.74. The van der Waals surface area contributed by atoms with E-state index in [4.69, 9.17) is 0 Å². The van der Waals surface area contributed by atoms with E-state index in [1.807, 2.05) is 22.9 Å². The van der Waals surface area contributed by atoms with Gasteiger partial charge in [0.1, 0.15) is 0 Å². The maximum absolute atomic E-state index is 9.22. The molecule has 1 heterocycles. The first-order valence-electron chi connectivity index (χ1n) is 6.95. The van der Waals surface area contributed by atoms with Crippen LogP contribution in [-0.4, -0.2) is 43.4 Å². The van der Waals surface area contributed by atoms with Gasteiger partial charge in [-0.05, 0) is 22.4 Å². The van der Waals surface area contributed by atoms with Crippen molar-refractivity contribution in [1.82, 2.24) is 25.1 Å². The summed E-state index contributed by atoms with van der Waals surface area (Å²) < 4.78 is 1.83. The topological polar surface area (TPSA) is 67.1 Å². The molecule has 20 heavy (non-hydrogen) atoms. The first-order valence-corrected chi connectivity index (χ1v) is 6.95. The third-order valence-electron chi connectivity index (χ3n) is 3.07. The van der Waals surface area contributed by atoms with Crippen LogP contribution in [0.5, 0.6) is 0 Å². The Hall–Kier alpha value is -1.79. The van der Waals surface area contributed by atoms with Crippen LogP contribution in [0.3, 0.4) is 0 Å². The standard InChI is InChI=1S/C14H21N5O/c1-2-8-19-14(15-16-17-19)12-18(9-10-20)11-13-6-4-3-5-7-13/h3-7,20H,2,8-12H2,1H3. The smallest absolute Gasteiger partial charge is 0.165 e. The van der Waals surface area contributed by atoms with E-state index >= 15 is 0 Å². The molecule has 1 aromatic carbocycles. The van der Waals surface area contributed by atoms with E-state index in [1.165, 1.54) is 5.56 Å². The zero-order valence-electron chi connectivity index (χ0n) is 11.8. The maximum atomic E-state index is 9.22. The Morgan fingerprint density at radius 3 is 2.70 bits per heavy atom. The molecule has 0 radical (unpaired) electrons. The van der Waals surface area contributed by atoms with E-state index in [-0.39, 0.29) is 6.61 Å². The number of aliphatic hydroxyl groups excluding tert-OH is 1. The normalized spacial score (nSPS) is 11.2. The van der Waals surface area contributed by atoms with E-state index < -0.39 is 0 Å². The molecule has 0 amide bonds. The van der Waals surface area contributed by atoms with Crippen LogP contribution < -0.4 is 0 Å². The Kier molecular flexibility index (Phi) is 5.64. The average Bonchev–Trinajstić information content (AvgIpc) is 2.88. The second kappa shape index (κ2) is 7.72. The fourth-order valence-corrected chi connectivity index (χ4v) is 2.12. The number of aliphatic hydroxyl groups is 1. The second-order valence-corrected chi connectivity index (χ2v) is 4.74. The van der Waals surface area contributed by atoms with Crippen molar-refractivity contribution < 1.29 is 5.11 Å². The van der Waals surface area contributed by atoms with E-state index in [0.717, 1.165) is 25.3 Å². The summed E-state index contributed by atoms with van der Waals surface area (Å²) in [6.07, 6.45) is 0.997. The molecule has 0 atom stereocenters. The number of aryl methyl sites for hydroxylation is 1. The lowest BCUT2D eigenvalue weighted by Gasteiger charge is -2.20. The van der Waals surface area contributed by atoms with Crippen LogP contribution in [-0.2, 0) is 19.6 Å². The Morgan fingerprint density at radius 1 is 1.20 bits per heavy atom. The third kappa shape index (κ3) is 4.11. The molecule has 0 unspecified atom stereocenters. The van der Waals surface area contributed by atoms with Crippen molar-refractivity contribution in [2.45, 2.75) is 33.0 Å². The number of hydrogen-bond donors (Lipinski definition) is 1. The molecule has 1 aromatic heterocycles. The number of hydrogen-bond acceptors (Lipinski definition) is 5. The van der Waals surface area contributed by atoms with Crippen molar-refractivity contribution >= 4 is 0 Å². The highest BCUT2D eigenvalue weighted by atomic mass is 16.3. The molecule has 0 spiro atoms. The summed E-state index contributed by atoms with van der Waals surface area (Å²) >= 11 is 0. The minimum atomic E-state index is 0.127. The van der Waals surface area contributed by atoms with E-state index in [1.54, 1.807) is 0 Å². The lowest BCUT2D eigenvalue weighted by atomic mass is 10.2. The van der Waals surface area contributed by atoms with E-state index in [0.29, 0.717) is 13.1 Å². The number of tetrazole rings is 1. The Bertz CT molecular complexity index is 499. The summed E-state index contributed by atoms with van der Waals surface area (Å²) in [7, 11) is 0. The Morgan fingerprint density at radius 2 is 2.00 bits per heavy atom. The van der Waals surface area contributed by atoms with Crippen LogP contribution >= 0.6 is 0 Å². The van der Waals surface area contributed by atoms with Crippen molar-refractivity contribution in [3.05, 3.63) is 41.7 Å². The predicted molar refractivity (Wildman–Crippen MR) is 75.7 cm³/mol. The van der Waals surface area contributed by atoms with E-state index in [2.05, 4.69) is 39.5 Å². The van der Waals surface area contributed by atoms with Gasteiger partial charge in [-0.2, -0.15) is 0 Å². The van der Waals surface area contributed by atoms with Crippen molar-refractivity contribution in [3.63, 3.8) is 0 Å². The summed E-state index contributed by atoms with van der Waals surface area (Å²) in [5.74, 6) is 0.844. The average molecular weight is 275 g/mol. The molecule has 2 rings (SSSR count). The molecule has 0 aliphatic heterocycles. The Balaban J connectivity index is 2.03. The molecule has 0 aliphatic carbocycles. The molecular formula is C14H21N5O. The first-order chi connectivity index (χ1) is 9.83. The fraction of sp³-hybridized carbons (Fsp3) is 0.500. The molecule has 1 N–H and O–H groups in total. The summed E-state index contributed by atoms with van der Waals surface area (Å²) in [5.41, 5.74) is 1.22. The number of rotatable bonds is 8. The van der Waals surface area contributed by atoms with Gasteiger partial charge in [0.2, 0.25) is 0 Å².